The van der Waals surface area contributed by atoms with Crippen LogP contribution in [0, 0.1) is 5.92 Å². The van der Waals surface area contributed by atoms with E-state index in [1.807, 2.05) is 12.2 Å². The molecule has 1 atom stereocenters. The summed E-state index contributed by atoms with van der Waals surface area (Å²) >= 11 is 1.72. The van der Waals surface area contributed by atoms with Crippen LogP contribution in [0.3, 0.4) is 0 Å². The summed E-state index contributed by atoms with van der Waals surface area (Å²) in [6, 6.07) is 0. The molecule has 0 aliphatic carbocycles. The molecule has 1 unspecified atom stereocenters. The number of aliphatic hydroxyl groups excluding tert-OH is 1. The van der Waals surface area contributed by atoms with Crippen molar-refractivity contribution in [1.82, 2.24) is 0 Å². The number of rotatable bonds is 1. The van der Waals surface area contributed by atoms with Crippen LogP contribution in [-0.4, -0.2) is 28.0 Å². The van der Waals surface area contributed by atoms with Crippen LogP contribution in [-0.2, 0) is 0 Å². The van der Waals surface area contributed by atoms with Crippen LogP contribution in [0.5, 0.6) is 0 Å². The molecular weight excluding hydrogens is 136 g/mol. The van der Waals surface area contributed by atoms with Gasteiger partial charge in [-0.3, -0.25) is 0 Å². The first-order valence-corrected chi connectivity index (χ1v) is 4.06. The van der Waals surface area contributed by atoms with Gasteiger partial charge in [0.05, 0.1) is 0 Å². The molecule has 0 radical (unpaired) electrons. The van der Waals surface area contributed by atoms with Crippen molar-refractivity contribution in [1.29, 1.82) is 0 Å². The highest BCUT2D eigenvalue weighted by Gasteiger charge is 2.14. The van der Waals surface area contributed by atoms with Gasteiger partial charge in [-0.25, -0.2) is 0 Å². The second kappa shape index (κ2) is 3.25. The van der Waals surface area contributed by atoms with E-state index in [9.17, 15) is 0 Å². The molecular formula is C6H10O2S. The van der Waals surface area contributed by atoms with E-state index in [0.29, 0.717) is 0 Å². The predicted molar refractivity (Wildman–Crippen MR) is 38.2 cm³/mol. The maximum atomic E-state index is 8.67. The highest BCUT2D eigenvalue weighted by atomic mass is 32.2. The molecule has 3 heteroatoms. The summed E-state index contributed by atoms with van der Waals surface area (Å²) in [6.07, 6.45) is 2.66. The molecule has 0 spiro atoms. The Morgan fingerprint density at radius 2 is 2.33 bits per heavy atom. The van der Waals surface area contributed by atoms with E-state index in [1.165, 1.54) is 0 Å². The summed E-state index contributed by atoms with van der Waals surface area (Å²) in [6.45, 7) is 0. The van der Waals surface area contributed by atoms with Crippen molar-refractivity contribution in [2.24, 2.45) is 5.92 Å². The molecule has 0 aromatic carbocycles. The summed E-state index contributed by atoms with van der Waals surface area (Å²) in [5, 5.41) is 17.3. The van der Waals surface area contributed by atoms with E-state index in [-0.39, 0.29) is 5.92 Å². The van der Waals surface area contributed by atoms with Crippen molar-refractivity contribution in [2.75, 3.05) is 11.5 Å². The van der Waals surface area contributed by atoms with Gasteiger partial charge in [-0.1, -0.05) is 12.2 Å². The number of hydrogen-bond donors (Lipinski definition) is 2. The first-order chi connectivity index (χ1) is 4.30. The van der Waals surface area contributed by atoms with Crippen LogP contribution in [0.1, 0.15) is 0 Å². The molecule has 0 saturated heterocycles. The topological polar surface area (TPSA) is 40.5 Å². The minimum atomic E-state index is -1.17. The molecule has 1 rings (SSSR count). The van der Waals surface area contributed by atoms with Crippen LogP contribution in [0.15, 0.2) is 12.2 Å². The lowest BCUT2D eigenvalue weighted by atomic mass is 10.1. The van der Waals surface area contributed by atoms with Crippen LogP contribution < -0.4 is 0 Å². The monoisotopic (exact) mass is 146 g/mol. The van der Waals surface area contributed by atoms with Gasteiger partial charge in [-0.2, -0.15) is 11.8 Å². The van der Waals surface area contributed by atoms with Crippen molar-refractivity contribution < 1.29 is 10.2 Å². The highest BCUT2D eigenvalue weighted by molar-refractivity contribution is 7.99. The lowest BCUT2D eigenvalue weighted by molar-refractivity contribution is -0.0640. The van der Waals surface area contributed by atoms with Crippen LogP contribution in [0.4, 0.5) is 0 Å². The summed E-state index contributed by atoms with van der Waals surface area (Å²) in [5.74, 6) is 1.78. The fraction of sp³-hybridized carbons (Fsp3) is 0.667. The van der Waals surface area contributed by atoms with E-state index in [2.05, 4.69) is 0 Å². The molecule has 0 bridgehead atoms. The fourth-order valence-electron chi connectivity index (χ4n) is 0.744. The van der Waals surface area contributed by atoms with Crippen LogP contribution in [0.2, 0.25) is 0 Å². The number of hydrogen-bond acceptors (Lipinski definition) is 3. The molecule has 0 aromatic heterocycles. The van der Waals surface area contributed by atoms with E-state index < -0.39 is 6.29 Å². The van der Waals surface area contributed by atoms with Crippen molar-refractivity contribution in [3.8, 4) is 0 Å². The van der Waals surface area contributed by atoms with Gasteiger partial charge < -0.3 is 10.2 Å². The summed E-state index contributed by atoms with van der Waals surface area (Å²) in [5.41, 5.74) is 0. The Balaban J connectivity index is 2.40. The minimum absolute atomic E-state index is 0.0521. The van der Waals surface area contributed by atoms with Crippen LogP contribution >= 0.6 is 11.8 Å². The zero-order valence-corrected chi connectivity index (χ0v) is 5.84. The normalized spacial score (nSPS) is 27.2. The molecule has 0 amide bonds. The second-order valence-electron chi connectivity index (χ2n) is 2.04. The Morgan fingerprint density at radius 3 is 2.67 bits per heavy atom. The van der Waals surface area contributed by atoms with Gasteiger partial charge in [0, 0.05) is 17.4 Å². The average molecular weight is 146 g/mol. The molecule has 52 valence electrons. The lowest BCUT2D eigenvalue weighted by Crippen LogP contribution is -2.21. The van der Waals surface area contributed by atoms with Gasteiger partial charge in [0.15, 0.2) is 6.29 Å². The largest absolute Gasteiger partial charge is 0.368 e. The van der Waals surface area contributed by atoms with Gasteiger partial charge in [0.1, 0.15) is 0 Å². The molecule has 0 fully saturated rings. The molecule has 2 N–H and O–H groups in total. The Bertz CT molecular complexity index is 112. The van der Waals surface area contributed by atoms with Crippen molar-refractivity contribution in [2.45, 2.75) is 6.29 Å². The van der Waals surface area contributed by atoms with E-state index in [1.54, 1.807) is 11.8 Å². The Labute approximate surface area is 58.6 Å². The van der Waals surface area contributed by atoms with Crippen molar-refractivity contribution in [3.63, 3.8) is 0 Å². The fourth-order valence-corrected chi connectivity index (χ4v) is 1.68. The molecule has 9 heavy (non-hydrogen) atoms. The maximum absolute atomic E-state index is 8.67. The summed E-state index contributed by atoms with van der Waals surface area (Å²) in [7, 11) is 0. The summed E-state index contributed by atoms with van der Waals surface area (Å²) in [4.78, 5) is 0. The standard InChI is InChI=1S/C6H10O2S/c7-6(8)5-2-1-3-9-4-5/h1-2,5-8H,3-4H2. The quantitative estimate of drug-likeness (QED) is 0.410. The highest BCUT2D eigenvalue weighted by Crippen LogP contribution is 2.17. The Hall–Kier alpha value is 0.01000. The molecule has 1 heterocycles. The molecule has 2 nitrogen and oxygen atoms in total. The van der Waals surface area contributed by atoms with Gasteiger partial charge in [0.2, 0.25) is 0 Å². The molecule has 1 aliphatic heterocycles. The van der Waals surface area contributed by atoms with Gasteiger partial charge in [0.25, 0.3) is 0 Å². The zero-order chi connectivity index (χ0) is 6.69. The molecule has 1 aliphatic rings. The average Bonchev–Trinajstić information content (AvgIpc) is 1.90. The third-order valence-corrected chi connectivity index (χ3v) is 2.34. The number of aliphatic hydroxyl groups is 2. The van der Waals surface area contributed by atoms with E-state index >= 15 is 0 Å². The maximum Gasteiger partial charge on any atom is 0.158 e. The Morgan fingerprint density at radius 1 is 1.56 bits per heavy atom. The first kappa shape index (κ1) is 7.12. The van der Waals surface area contributed by atoms with Crippen molar-refractivity contribution in [3.05, 3.63) is 12.2 Å². The third kappa shape index (κ3) is 2.01. The predicted octanol–water partition coefficient (Wildman–Crippen LogP) is 0.216. The first-order valence-electron chi connectivity index (χ1n) is 2.91. The third-order valence-electron chi connectivity index (χ3n) is 1.29. The van der Waals surface area contributed by atoms with E-state index in [0.717, 1.165) is 11.5 Å². The van der Waals surface area contributed by atoms with Crippen molar-refractivity contribution >= 4 is 11.8 Å². The van der Waals surface area contributed by atoms with E-state index in [4.69, 9.17) is 10.2 Å². The van der Waals surface area contributed by atoms with Gasteiger partial charge >= 0.3 is 0 Å². The zero-order valence-electron chi connectivity index (χ0n) is 5.03. The number of thioether (sulfide) groups is 1. The van der Waals surface area contributed by atoms with Gasteiger partial charge in [-0.15, -0.1) is 0 Å². The molecule has 0 saturated carbocycles. The smallest absolute Gasteiger partial charge is 0.158 e. The molecule has 0 aromatic rings. The van der Waals surface area contributed by atoms with Gasteiger partial charge in [-0.05, 0) is 0 Å². The minimum Gasteiger partial charge on any atom is -0.368 e. The SMILES string of the molecule is OC(O)C1C=CCSC1. The lowest BCUT2D eigenvalue weighted by Gasteiger charge is -2.16. The second-order valence-corrected chi connectivity index (χ2v) is 3.12. The summed E-state index contributed by atoms with van der Waals surface area (Å²) < 4.78 is 0. The Kier molecular flexibility index (Phi) is 2.57. The van der Waals surface area contributed by atoms with Crippen LogP contribution in [0.25, 0.3) is 0 Å².